The second kappa shape index (κ2) is 12.0. The van der Waals surface area contributed by atoms with Crippen LogP contribution in [0.5, 0.6) is 0 Å². The van der Waals surface area contributed by atoms with E-state index in [0.717, 1.165) is 22.8 Å². The summed E-state index contributed by atoms with van der Waals surface area (Å²) in [6.45, 7) is 0. The number of nitrogens with one attached hydrogen (secondary N) is 2. The SMILES string of the molecule is CS(=O)(=O)C=C[C@H](Cc1ccccc1)NC(=O)[C@H](Cc1ccccc1)NC(=O)c1ccccc1. The highest BCUT2D eigenvalue weighted by atomic mass is 32.2. The van der Waals surface area contributed by atoms with Gasteiger partial charge >= 0.3 is 0 Å². The van der Waals surface area contributed by atoms with Crippen molar-refractivity contribution in [3.8, 4) is 0 Å². The number of benzene rings is 3. The lowest BCUT2D eigenvalue weighted by molar-refractivity contribution is -0.123. The molecule has 0 saturated heterocycles. The quantitative estimate of drug-likeness (QED) is 0.470. The first-order valence-corrected chi connectivity index (χ1v) is 12.9. The van der Waals surface area contributed by atoms with E-state index in [2.05, 4.69) is 10.6 Å². The predicted molar refractivity (Wildman–Crippen MR) is 134 cm³/mol. The van der Waals surface area contributed by atoms with Gasteiger partial charge in [0.05, 0.1) is 6.04 Å². The first-order chi connectivity index (χ1) is 16.3. The summed E-state index contributed by atoms with van der Waals surface area (Å²) in [5.41, 5.74) is 2.28. The number of carbonyl (C=O) groups excluding carboxylic acids is 2. The van der Waals surface area contributed by atoms with Gasteiger partial charge in [-0.25, -0.2) is 8.42 Å². The molecular formula is C27H28N2O4S. The maximum absolute atomic E-state index is 13.3. The van der Waals surface area contributed by atoms with Crippen molar-refractivity contribution in [1.29, 1.82) is 0 Å². The first kappa shape index (κ1) is 24.9. The van der Waals surface area contributed by atoms with Crippen molar-refractivity contribution in [2.24, 2.45) is 0 Å². The van der Waals surface area contributed by atoms with Crippen molar-refractivity contribution >= 4 is 21.7 Å². The van der Waals surface area contributed by atoms with E-state index < -0.39 is 27.8 Å². The zero-order chi connectivity index (χ0) is 24.4. The van der Waals surface area contributed by atoms with Crippen molar-refractivity contribution in [2.45, 2.75) is 24.9 Å². The summed E-state index contributed by atoms with van der Waals surface area (Å²) in [5.74, 6) is -0.754. The van der Waals surface area contributed by atoms with Crippen LogP contribution in [0.15, 0.2) is 102 Å². The summed E-state index contributed by atoms with van der Waals surface area (Å²) in [4.78, 5) is 26.1. The van der Waals surface area contributed by atoms with Gasteiger partial charge in [-0.2, -0.15) is 0 Å². The Balaban J connectivity index is 1.82. The third-order valence-corrected chi connectivity index (χ3v) is 5.78. The van der Waals surface area contributed by atoms with Crippen molar-refractivity contribution in [3.63, 3.8) is 0 Å². The van der Waals surface area contributed by atoms with Crippen molar-refractivity contribution in [3.05, 3.63) is 119 Å². The van der Waals surface area contributed by atoms with Crippen LogP contribution in [0, 0.1) is 0 Å². The minimum atomic E-state index is -3.37. The molecule has 0 bridgehead atoms. The predicted octanol–water partition coefficient (Wildman–Crippen LogP) is 3.31. The average Bonchev–Trinajstić information content (AvgIpc) is 2.83. The van der Waals surface area contributed by atoms with Crippen LogP contribution in [-0.2, 0) is 27.5 Å². The molecule has 2 atom stereocenters. The maximum atomic E-state index is 13.3. The third-order valence-electron chi connectivity index (χ3n) is 5.12. The van der Waals surface area contributed by atoms with Gasteiger partial charge in [-0.3, -0.25) is 9.59 Å². The van der Waals surface area contributed by atoms with E-state index >= 15 is 0 Å². The van der Waals surface area contributed by atoms with Gasteiger partial charge in [-0.05, 0) is 29.7 Å². The van der Waals surface area contributed by atoms with Gasteiger partial charge in [-0.1, -0.05) is 84.9 Å². The van der Waals surface area contributed by atoms with Crippen molar-refractivity contribution in [1.82, 2.24) is 10.6 Å². The molecule has 0 spiro atoms. The molecule has 0 unspecified atom stereocenters. The Kier molecular flexibility index (Phi) is 8.76. The van der Waals surface area contributed by atoms with Crippen LogP contribution in [0.1, 0.15) is 21.5 Å². The van der Waals surface area contributed by atoms with Gasteiger partial charge in [0.1, 0.15) is 6.04 Å². The van der Waals surface area contributed by atoms with Crippen LogP contribution in [0.3, 0.4) is 0 Å². The van der Waals surface area contributed by atoms with Crippen molar-refractivity contribution < 1.29 is 18.0 Å². The monoisotopic (exact) mass is 476 g/mol. The molecule has 0 aliphatic carbocycles. The van der Waals surface area contributed by atoms with E-state index in [1.807, 2.05) is 66.7 Å². The highest BCUT2D eigenvalue weighted by Gasteiger charge is 2.24. The van der Waals surface area contributed by atoms with Crippen LogP contribution >= 0.6 is 0 Å². The summed E-state index contributed by atoms with van der Waals surface area (Å²) < 4.78 is 23.4. The Hall–Kier alpha value is -3.71. The zero-order valence-corrected chi connectivity index (χ0v) is 19.7. The molecule has 2 N–H and O–H groups in total. The van der Waals surface area contributed by atoms with Crippen molar-refractivity contribution in [2.75, 3.05) is 6.26 Å². The summed E-state index contributed by atoms with van der Waals surface area (Å²) in [6, 6.07) is 26.1. The molecule has 0 saturated carbocycles. The van der Waals surface area contributed by atoms with Gasteiger partial charge in [0.25, 0.3) is 5.91 Å². The van der Waals surface area contributed by atoms with Gasteiger partial charge in [0, 0.05) is 23.6 Å². The first-order valence-electron chi connectivity index (χ1n) is 10.9. The summed E-state index contributed by atoms with van der Waals surface area (Å²) >= 11 is 0. The summed E-state index contributed by atoms with van der Waals surface area (Å²) in [5, 5.41) is 6.83. The Morgan fingerprint density at radius 1 is 0.765 bits per heavy atom. The van der Waals surface area contributed by atoms with Crippen LogP contribution < -0.4 is 10.6 Å². The average molecular weight is 477 g/mol. The standard InChI is InChI=1S/C27H28N2O4S/c1-34(32,33)18-17-24(19-21-11-5-2-6-12-21)28-27(31)25(20-22-13-7-3-8-14-22)29-26(30)23-15-9-4-10-16-23/h2-18,24-25H,19-20H2,1H3,(H,28,31)(H,29,30)/t24-,25+/m1/s1. The fourth-order valence-corrected chi connectivity index (χ4v) is 3.92. The Bertz CT molecular complexity index is 1210. The van der Waals surface area contributed by atoms with E-state index in [0.29, 0.717) is 18.4 Å². The molecule has 6 nitrogen and oxygen atoms in total. The molecular weight excluding hydrogens is 448 g/mol. The third kappa shape index (κ3) is 8.33. The second-order valence-corrected chi connectivity index (χ2v) is 9.98. The number of amides is 2. The van der Waals surface area contributed by atoms with Crippen LogP contribution in [0.4, 0.5) is 0 Å². The molecule has 0 aromatic heterocycles. The summed E-state index contributed by atoms with van der Waals surface area (Å²) in [7, 11) is -3.37. The molecule has 3 aromatic rings. The minimum absolute atomic E-state index is 0.291. The smallest absolute Gasteiger partial charge is 0.251 e. The van der Waals surface area contributed by atoms with Gasteiger partial charge in [-0.15, -0.1) is 0 Å². The fraction of sp³-hybridized carbons (Fsp3) is 0.185. The van der Waals surface area contributed by atoms with Gasteiger partial charge in [0.2, 0.25) is 5.91 Å². The van der Waals surface area contributed by atoms with E-state index in [9.17, 15) is 18.0 Å². The molecule has 0 aliphatic rings. The number of hydrogen-bond donors (Lipinski definition) is 2. The molecule has 0 fully saturated rings. The van der Waals surface area contributed by atoms with Crippen LogP contribution in [0.2, 0.25) is 0 Å². The number of carbonyl (C=O) groups is 2. The molecule has 2 amide bonds. The molecule has 0 heterocycles. The lowest BCUT2D eigenvalue weighted by atomic mass is 10.0. The normalized spacial score (nSPS) is 13.2. The van der Waals surface area contributed by atoms with E-state index in [-0.39, 0.29) is 5.91 Å². The molecule has 3 rings (SSSR count). The molecule has 0 radical (unpaired) electrons. The lowest BCUT2D eigenvalue weighted by Gasteiger charge is -2.22. The highest BCUT2D eigenvalue weighted by Crippen LogP contribution is 2.09. The Labute approximate surface area is 200 Å². The van der Waals surface area contributed by atoms with E-state index in [4.69, 9.17) is 0 Å². The topological polar surface area (TPSA) is 92.3 Å². The van der Waals surface area contributed by atoms with E-state index in [1.165, 1.54) is 6.08 Å². The zero-order valence-electron chi connectivity index (χ0n) is 18.9. The van der Waals surface area contributed by atoms with Crippen LogP contribution in [0.25, 0.3) is 0 Å². The molecule has 7 heteroatoms. The Morgan fingerprint density at radius 3 is 1.79 bits per heavy atom. The largest absolute Gasteiger partial charge is 0.348 e. The van der Waals surface area contributed by atoms with E-state index in [1.54, 1.807) is 24.3 Å². The van der Waals surface area contributed by atoms with Gasteiger partial charge in [0.15, 0.2) is 9.84 Å². The lowest BCUT2D eigenvalue weighted by Crippen LogP contribution is -2.50. The highest BCUT2D eigenvalue weighted by molar-refractivity contribution is 7.93. The number of sulfone groups is 1. The fourth-order valence-electron chi connectivity index (χ4n) is 3.45. The second-order valence-electron chi connectivity index (χ2n) is 8.04. The number of rotatable bonds is 10. The summed E-state index contributed by atoms with van der Waals surface area (Å²) in [6.07, 6.45) is 3.27. The minimum Gasteiger partial charge on any atom is -0.348 e. The number of hydrogen-bond acceptors (Lipinski definition) is 4. The van der Waals surface area contributed by atoms with Gasteiger partial charge < -0.3 is 10.6 Å². The molecule has 176 valence electrons. The molecule has 0 aliphatic heterocycles. The molecule has 34 heavy (non-hydrogen) atoms. The molecule has 3 aromatic carbocycles. The van der Waals surface area contributed by atoms with Crippen LogP contribution in [-0.4, -0.2) is 38.6 Å². The maximum Gasteiger partial charge on any atom is 0.251 e. The Morgan fingerprint density at radius 2 is 1.26 bits per heavy atom.